The molecule has 0 spiro atoms. The first-order chi connectivity index (χ1) is 17.4. The second-order valence-electron chi connectivity index (χ2n) is 8.88. The van der Waals surface area contributed by atoms with E-state index in [2.05, 4.69) is 5.10 Å². The molecule has 0 saturated carbocycles. The van der Waals surface area contributed by atoms with Crippen LogP contribution in [0.3, 0.4) is 0 Å². The highest BCUT2D eigenvalue weighted by atomic mass is 35.5. The van der Waals surface area contributed by atoms with Crippen LogP contribution in [0.25, 0.3) is 0 Å². The molecule has 184 valence electrons. The van der Waals surface area contributed by atoms with Crippen molar-refractivity contribution in [2.24, 2.45) is 11.0 Å². The number of carbonyl (C=O) groups is 3. The van der Waals surface area contributed by atoms with Crippen LogP contribution in [-0.2, 0) is 19.1 Å². The standard InChI is InChI=1S/C27H24ClN3O5/c1-17-4-10-21(11-5-17)30-15-19(13-25(30)32)27(34)36-16-26(33)31-23(24-3-2-12-35-24)14-22(29-31)18-6-8-20(28)9-7-18/h2-12,19,23H,13-16H2,1H3/t19-,23-/m1/s1. The zero-order chi connectivity index (χ0) is 25.2. The summed E-state index contributed by atoms with van der Waals surface area (Å²) in [5.74, 6) is -1.27. The van der Waals surface area contributed by atoms with Crippen LogP contribution in [0.2, 0.25) is 5.02 Å². The zero-order valence-corrected chi connectivity index (χ0v) is 20.4. The molecule has 1 aromatic heterocycles. The van der Waals surface area contributed by atoms with Crippen molar-refractivity contribution in [1.29, 1.82) is 0 Å². The lowest BCUT2D eigenvalue weighted by atomic mass is 10.0. The summed E-state index contributed by atoms with van der Waals surface area (Å²) < 4.78 is 10.9. The molecule has 0 bridgehead atoms. The number of carbonyl (C=O) groups excluding carboxylic acids is 3. The molecule has 3 aromatic rings. The maximum absolute atomic E-state index is 13.1. The molecular weight excluding hydrogens is 482 g/mol. The molecule has 0 unspecified atom stereocenters. The van der Waals surface area contributed by atoms with Gasteiger partial charge < -0.3 is 14.1 Å². The molecule has 2 aromatic carbocycles. The third-order valence-electron chi connectivity index (χ3n) is 6.36. The van der Waals surface area contributed by atoms with Gasteiger partial charge in [-0.2, -0.15) is 5.10 Å². The molecule has 9 heteroatoms. The van der Waals surface area contributed by atoms with Crippen LogP contribution >= 0.6 is 11.6 Å². The van der Waals surface area contributed by atoms with Gasteiger partial charge in [0.1, 0.15) is 11.8 Å². The highest BCUT2D eigenvalue weighted by Crippen LogP contribution is 2.33. The van der Waals surface area contributed by atoms with Crippen LogP contribution < -0.4 is 4.90 Å². The number of halogens is 1. The average Bonchev–Trinajstić information content (AvgIpc) is 3.63. The topological polar surface area (TPSA) is 92.4 Å². The van der Waals surface area contributed by atoms with Gasteiger partial charge >= 0.3 is 5.97 Å². The lowest BCUT2D eigenvalue weighted by Gasteiger charge is -2.20. The fourth-order valence-electron chi connectivity index (χ4n) is 4.42. The van der Waals surface area contributed by atoms with E-state index >= 15 is 0 Å². The van der Waals surface area contributed by atoms with Gasteiger partial charge in [0.2, 0.25) is 5.91 Å². The molecule has 1 fully saturated rings. The van der Waals surface area contributed by atoms with Gasteiger partial charge in [0, 0.05) is 30.1 Å². The molecule has 8 nitrogen and oxygen atoms in total. The van der Waals surface area contributed by atoms with Crippen molar-refractivity contribution in [3.63, 3.8) is 0 Å². The third kappa shape index (κ3) is 4.90. The molecule has 0 aliphatic carbocycles. The Morgan fingerprint density at radius 3 is 2.53 bits per heavy atom. The molecule has 36 heavy (non-hydrogen) atoms. The monoisotopic (exact) mass is 505 g/mol. The predicted octanol–water partition coefficient (Wildman–Crippen LogP) is 4.52. The van der Waals surface area contributed by atoms with Crippen LogP contribution in [0.15, 0.2) is 76.4 Å². The number of anilines is 1. The number of hydrazone groups is 1. The molecule has 5 rings (SSSR count). The summed E-state index contributed by atoms with van der Waals surface area (Å²) in [5, 5.41) is 6.42. The van der Waals surface area contributed by atoms with Gasteiger partial charge in [-0.05, 0) is 48.9 Å². The normalized spacial score (nSPS) is 19.5. The van der Waals surface area contributed by atoms with E-state index in [0.717, 1.165) is 16.8 Å². The summed E-state index contributed by atoms with van der Waals surface area (Å²) in [6.45, 7) is 1.70. The van der Waals surface area contributed by atoms with Gasteiger partial charge in [-0.15, -0.1) is 0 Å². The van der Waals surface area contributed by atoms with Crippen molar-refractivity contribution in [3.05, 3.63) is 88.8 Å². The Balaban J connectivity index is 1.25. The smallest absolute Gasteiger partial charge is 0.311 e. The van der Waals surface area contributed by atoms with Gasteiger partial charge in [-0.3, -0.25) is 14.4 Å². The SMILES string of the molecule is Cc1ccc(N2C[C@H](C(=O)OCC(=O)N3N=C(c4ccc(Cl)cc4)C[C@@H]3c3ccco3)CC2=O)cc1. The first kappa shape index (κ1) is 23.8. The number of esters is 1. The number of aryl methyl sites for hydroxylation is 1. The van der Waals surface area contributed by atoms with E-state index in [1.54, 1.807) is 29.2 Å². The van der Waals surface area contributed by atoms with Crippen molar-refractivity contribution < 1.29 is 23.5 Å². The fourth-order valence-corrected chi connectivity index (χ4v) is 4.54. The molecule has 0 radical (unpaired) electrons. The van der Waals surface area contributed by atoms with Crippen LogP contribution in [-0.4, -0.2) is 41.7 Å². The van der Waals surface area contributed by atoms with Gasteiger partial charge in [0.05, 0.1) is 17.9 Å². The number of hydrogen-bond acceptors (Lipinski definition) is 6. The fraction of sp³-hybridized carbons (Fsp3) is 0.259. The number of rotatable bonds is 6. The lowest BCUT2D eigenvalue weighted by Crippen LogP contribution is -2.33. The Morgan fingerprint density at radius 1 is 1.08 bits per heavy atom. The van der Waals surface area contributed by atoms with Gasteiger partial charge in [0.15, 0.2) is 6.61 Å². The summed E-state index contributed by atoms with van der Waals surface area (Å²) in [4.78, 5) is 39.9. The summed E-state index contributed by atoms with van der Waals surface area (Å²) in [5.41, 5.74) is 3.35. The number of furan rings is 1. The first-order valence-electron chi connectivity index (χ1n) is 11.6. The molecule has 3 heterocycles. The van der Waals surface area contributed by atoms with Gasteiger partial charge in [-0.1, -0.05) is 41.4 Å². The summed E-state index contributed by atoms with van der Waals surface area (Å²) >= 11 is 6.00. The van der Waals surface area contributed by atoms with Gasteiger partial charge in [-0.25, -0.2) is 5.01 Å². The molecule has 2 aliphatic heterocycles. The predicted molar refractivity (Wildman–Crippen MR) is 133 cm³/mol. The minimum Gasteiger partial charge on any atom is -0.467 e. The number of ether oxygens (including phenoxy) is 1. The average molecular weight is 506 g/mol. The third-order valence-corrected chi connectivity index (χ3v) is 6.61. The maximum Gasteiger partial charge on any atom is 0.311 e. The zero-order valence-electron chi connectivity index (χ0n) is 19.6. The molecular formula is C27H24ClN3O5. The lowest BCUT2D eigenvalue weighted by molar-refractivity contribution is -0.156. The van der Waals surface area contributed by atoms with Crippen LogP contribution in [0.1, 0.15) is 35.8 Å². The van der Waals surface area contributed by atoms with Crippen LogP contribution in [0.5, 0.6) is 0 Å². The van der Waals surface area contributed by atoms with E-state index in [9.17, 15) is 14.4 Å². The van der Waals surface area contributed by atoms with E-state index in [4.69, 9.17) is 20.8 Å². The Bertz CT molecular complexity index is 1300. The van der Waals surface area contributed by atoms with Crippen LogP contribution in [0.4, 0.5) is 5.69 Å². The number of amides is 2. The maximum atomic E-state index is 13.1. The minimum absolute atomic E-state index is 0.0402. The Labute approximate surface area is 213 Å². The van der Waals surface area contributed by atoms with Crippen molar-refractivity contribution in [2.75, 3.05) is 18.1 Å². The Hall–Kier alpha value is -3.91. The van der Waals surface area contributed by atoms with Gasteiger partial charge in [0.25, 0.3) is 5.91 Å². The molecule has 0 N–H and O–H groups in total. The number of hydrogen-bond donors (Lipinski definition) is 0. The number of benzene rings is 2. The van der Waals surface area contributed by atoms with E-state index in [0.29, 0.717) is 22.9 Å². The van der Waals surface area contributed by atoms with E-state index < -0.39 is 30.4 Å². The van der Waals surface area contributed by atoms with Crippen molar-refractivity contribution in [3.8, 4) is 0 Å². The van der Waals surface area contributed by atoms with E-state index in [1.807, 2.05) is 43.3 Å². The molecule has 2 aliphatic rings. The molecule has 2 amide bonds. The summed E-state index contributed by atoms with van der Waals surface area (Å²) in [6, 6.07) is 17.8. The first-order valence-corrected chi connectivity index (χ1v) is 12.0. The van der Waals surface area contributed by atoms with E-state index in [1.165, 1.54) is 11.3 Å². The molecule has 2 atom stereocenters. The highest BCUT2D eigenvalue weighted by molar-refractivity contribution is 6.30. The minimum atomic E-state index is -0.640. The quantitative estimate of drug-likeness (QED) is 0.459. The largest absolute Gasteiger partial charge is 0.467 e. The Kier molecular flexibility index (Phi) is 6.61. The summed E-state index contributed by atoms with van der Waals surface area (Å²) in [6.07, 6.45) is 2.02. The second kappa shape index (κ2) is 9.99. The van der Waals surface area contributed by atoms with E-state index in [-0.39, 0.29) is 18.9 Å². The summed E-state index contributed by atoms with van der Waals surface area (Å²) in [7, 11) is 0. The second-order valence-corrected chi connectivity index (χ2v) is 9.31. The van der Waals surface area contributed by atoms with Crippen molar-refractivity contribution in [2.45, 2.75) is 25.8 Å². The van der Waals surface area contributed by atoms with Crippen molar-refractivity contribution in [1.82, 2.24) is 5.01 Å². The molecule has 1 saturated heterocycles. The number of nitrogens with zero attached hydrogens (tertiary/aromatic N) is 3. The highest BCUT2D eigenvalue weighted by Gasteiger charge is 2.38. The van der Waals surface area contributed by atoms with Crippen molar-refractivity contribution >= 4 is 40.8 Å². The Morgan fingerprint density at radius 2 is 1.83 bits per heavy atom. The van der Waals surface area contributed by atoms with Crippen LogP contribution in [0, 0.1) is 12.8 Å².